The summed E-state index contributed by atoms with van der Waals surface area (Å²) < 4.78 is 0. The van der Waals surface area contributed by atoms with E-state index in [1.165, 1.54) is 12.5 Å². The Labute approximate surface area is 97.6 Å². The maximum atomic E-state index is 11.0. The summed E-state index contributed by atoms with van der Waals surface area (Å²) in [5.41, 5.74) is 0.813. The van der Waals surface area contributed by atoms with Gasteiger partial charge in [-0.05, 0) is 12.1 Å². The van der Waals surface area contributed by atoms with E-state index >= 15 is 0 Å². The van der Waals surface area contributed by atoms with Gasteiger partial charge in [-0.3, -0.25) is 4.98 Å². The molecule has 0 aliphatic rings. The highest BCUT2D eigenvalue weighted by Gasteiger charge is 2.16. The van der Waals surface area contributed by atoms with Gasteiger partial charge in [0.05, 0.1) is 11.9 Å². The van der Waals surface area contributed by atoms with Gasteiger partial charge in [0.25, 0.3) is 0 Å². The van der Waals surface area contributed by atoms with Crippen LogP contribution < -0.4 is 4.90 Å². The summed E-state index contributed by atoms with van der Waals surface area (Å²) in [7, 11) is 1.73. The van der Waals surface area contributed by atoms with Crippen molar-refractivity contribution in [3.63, 3.8) is 0 Å². The normalized spacial score (nSPS) is 9.94. The first-order valence-electron chi connectivity index (χ1n) is 4.87. The Morgan fingerprint density at radius 1 is 1.35 bits per heavy atom. The highest BCUT2D eigenvalue weighted by Crippen LogP contribution is 2.22. The van der Waals surface area contributed by atoms with Crippen LogP contribution >= 0.6 is 0 Å². The van der Waals surface area contributed by atoms with Gasteiger partial charge in [0.1, 0.15) is 11.9 Å². The molecule has 2 aromatic heterocycles. The zero-order valence-corrected chi connectivity index (χ0v) is 9.11. The van der Waals surface area contributed by atoms with E-state index in [0.717, 1.165) is 5.69 Å². The highest BCUT2D eigenvalue weighted by molar-refractivity contribution is 5.93. The van der Waals surface area contributed by atoms with Gasteiger partial charge in [-0.2, -0.15) is 0 Å². The topological polar surface area (TPSA) is 79.2 Å². The van der Waals surface area contributed by atoms with Gasteiger partial charge in [-0.15, -0.1) is 0 Å². The van der Waals surface area contributed by atoms with Crippen LogP contribution in [0.2, 0.25) is 0 Å². The van der Waals surface area contributed by atoms with E-state index in [1.807, 2.05) is 6.07 Å². The molecule has 0 aromatic carbocycles. The van der Waals surface area contributed by atoms with Gasteiger partial charge in [-0.25, -0.2) is 14.8 Å². The van der Waals surface area contributed by atoms with Crippen LogP contribution in [0.15, 0.2) is 37.1 Å². The second kappa shape index (κ2) is 4.56. The van der Waals surface area contributed by atoms with Crippen molar-refractivity contribution in [1.29, 1.82) is 0 Å². The van der Waals surface area contributed by atoms with E-state index in [-0.39, 0.29) is 5.56 Å². The molecule has 6 nitrogen and oxygen atoms in total. The van der Waals surface area contributed by atoms with E-state index in [4.69, 9.17) is 5.11 Å². The number of anilines is 2. The summed E-state index contributed by atoms with van der Waals surface area (Å²) in [4.78, 5) is 24.4. The van der Waals surface area contributed by atoms with Crippen LogP contribution in [0.3, 0.4) is 0 Å². The molecule has 1 N–H and O–H groups in total. The van der Waals surface area contributed by atoms with E-state index in [2.05, 4.69) is 15.0 Å². The molecule has 0 fully saturated rings. The van der Waals surface area contributed by atoms with Crippen LogP contribution in [-0.2, 0) is 0 Å². The Hall–Kier alpha value is -2.50. The van der Waals surface area contributed by atoms with E-state index in [9.17, 15) is 4.79 Å². The number of carboxylic acid groups (broad SMARTS) is 1. The van der Waals surface area contributed by atoms with Crippen LogP contribution in [0.5, 0.6) is 0 Å². The van der Waals surface area contributed by atoms with Crippen molar-refractivity contribution < 1.29 is 9.90 Å². The predicted molar refractivity (Wildman–Crippen MR) is 61.3 cm³/mol. The van der Waals surface area contributed by atoms with E-state index in [0.29, 0.717) is 5.82 Å². The van der Waals surface area contributed by atoms with Crippen LogP contribution in [0, 0.1) is 0 Å². The molecule has 0 aliphatic heterocycles. The second-order valence-corrected chi connectivity index (χ2v) is 3.34. The summed E-state index contributed by atoms with van der Waals surface area (Å²) in [6.07, 6.45) is 5.87. The first-order valence-corrected chi connectivity index (χ1v) is 4.87. The number of nitrogens with zero attached hydrogens (tertiary/aromatic N) is 4. The van der Waals surface area contributed by atoms with E-state index in [1.54, 1.807) is 30.4 Å². The average Bonchev–Trinajstić information content (AvgIpc) is 2.39. The van der Waals surface area contributed by atoms with Crippen molar-refractivity contribution >= 4 is 17.5 Å². The molecule has 17 heavy (non-hydrogen) atoms. The minimum absolute atomic E-state index is 0.0545. The molecule has 2 heterocycles. The van der Waals surface area contributed by atoms with Crippen LogP contribution in [0.4, 0.5) is 11.5 Å². The molecular formula is C11H10N4O2. The van der Waals surface area contributed by atoms with Crippen LogP contribution in [0.1, 0.15) is 10.4 Å². The van der Waals surface area contributed by atoms with Gasteiger partial charge < -0.3 is 10.0 Å². The zero-order valence-electron chi connectivity index (χ0n) is 9.11. The molecule has 2 rings (SSSR count). The van der Waals surface area contributed by atoms with Crippen molar-refractivity contribution in [3.05, 3.63) is 42.6 Å². The number of rotatable bonds is 3. The summed E-state index contributed by atoms with van der Waals surface area (Å²) in [5.74, 6) is -0.725. The van der Waals surface area contributed by atoms with Crippen molar-refractivity contribution in [2.24, 2.45) is 0 Å². The molecular weight excluding hydrogens is 220 g/mol. The zero-order chi connectivity index (χ0) is 12.3. The van der Waals surface area contributed by atoms with Gasteiger partial charge in [0.15, 0.2) is 5.82 Å². The minimum atomic E-state index is -1.06. The lowest BCUT2D eigenvalue weighted by Gasteiger charge is -2.18. The fourth-order valence-corrected chi connectivity index (χ4v) is 1.42. The van der Waals surface area contributed by atoms with Crippen molar-refractivity contribution in [3.8, 4) is 0 Å². The number of carboxylic acids is 1. The van der Waals surface area contributed by atoms with Gasteiger partial charge >= 0.3 is 5.97 Å². The standard InChI is InChI=1S/C11H10N4O2/c1-15(8-3-2-4-12-5-8)10-9(11(16)17)6-13-7-14-10/h2-7H,1H3,(H,16,17). The first-order chi connectivity index (χ1) is 8.20. The van der Waals surface area contributed by atoms with Crippen molar-refractivity contribution in [2.45, 2.75) is 0 Å². The summed E-state index contributed by atoms with van der Waals surface area (Å²) >= 11 is 0. The molecule has 86 valence electrons. The van der Waals surface area contributed by atoms with Gasteiger partial charge in [0.2, 0.25) is 0 Å². The average molecular weight is 230 g/mol. The first kappa shape index (κ1) is 11.0. The molecule has 0 saturated carbocycles. The molecule has 0 bridgehead atoms. The molecule has 0 saturated heterocycles. The predicted octanol–water partition coefficient (Wildman–Crippen LogP) is 1.34. The Kier molecular flexibility index (Phi) is 2.95. The maximum absolute atomic E-state index is 11.0. The molecule has 0 radical (unpaired) electrons. The molecule has 0 aliphatic carbocycles. The highest BCUT2D eigenvalue weighted by atomic mass is 16.4. The molecule has 0 unspecified atom stereocenters. The summed E-state index contributed by atoms with van der Waals surface area (Å²) in [6, 6.07) is 3.59. The van der Waals surface area contributed by atoms with Crippen LogP contribution in [-0.4, -0.2) is 33.1 Å². The number of carbonyl (C=O) groups is 1. The van der Waals surface area contributed by atoms with Gasteiger partial charge in [-0.1, -0.05) is 0 Å². The third-order valence-corrected chi connectivity index (χ3v) is 2.27. The maximum Gasteiger partial charge on any atom is 0.341 e. The third-order valence-electron chi connectivity index (χ3n) is 2.27. The molecule has 0 atom stereocenters. The third kappa shape index (κ3) is 2.20. The molecule has 6 heteroatoms. The second-order valence-electron chi connectivity index (χ2n) is 3.34. The molecule has 0 spiro atoms. The SMILES string of the molecule is CN(c1cccnc1)c1ncncc1C(=O)O. The Morgan fingerprint density at radius 2 is 2.18 bits per heavy atom. The molecule has 2 aromatic rings. The Morgan fingerprint density at radius 3 is 2.82 bits per heavy atom. The fraction of sp³-hybridized carbons (Fsp3) is 0.0909. The summed E-state index contributed by atoms with van der Waals surface area (Å²) in [6.45, 7) is 0. The number of hydrogen-bond donors (Lipinski definition) is 1. The largest absolute Gasteiger partial charge is 0.477 e. The molecule has 0 amide bonds. The number of pyridine rings is 1. The smallest absolute Gasteiger partial charge is 0.341 e. The Balaban J connectivity index is 2.44. The lowest BCUT2D eigenvalue weighted by molar-refractivity contribution is 0.0697. The lowest BCUT2D eigenvalue weighted by Crippen LogP contribution is -2.16. The van der Waals surface area contributed by atoms with E-state index < -0.39 is 5.97 Å². The number of aromatic carboxylic acids is 1. The minimum Gasteiger partial charge on any atom is -0.477 e. The van der Waals surface area contributed by atoms with Crippen molar-refractivity contribution in [2.75, 3.05) is 11.9 Å². The van der Waals surface area contributed by atoms with Gasteiger partial charge in [0, 0.05) is 19.4 Å². The number of aromatic nitrogens is 3. The number of hydrogen-bond acceptors (Lipinski definition) is 5. The van der Waals surface area contributed by atoms with Crippen molar-refractivity contribution in [1.82, 2.24) is 15.0 Å². The van der Waals surface area contributed by atoms with Crippen LogP contribution in [0.25, 0.3) is 0 Å². The Bertz CT molecular complexity index is 530. The lowest BCUT2D eigenvalue weighted by atomic mass is 10.3. The summed E-state index contributed by atoms with van der Waals surface area (Å²) in [5, 5.41) is 9.04. The quantitative estimate of drug-likeness (QED) is 0.857. The monoisotopic (exact) mass is 230 g/mol. The fourth-order valence-electron chi connectivity index (χ4n) is 1.42.